The predicted molar refractivity (Wildman–Crippen MR) is 131 cm³/mol. The van der Waals surface area contributed by atoms with E-state index in [0.717, 1.165) is 10.1 Å². The van der Waals surface area contributed by atoms with Gasteiger partial charge in [-0.3, -0.25) is 23.5 Å². The second-order valence-corrected chi connectivity index (χ2v) is 7.97. The van der Waals surface area contributed by atoms with Gasteiger partial charge in [-0.25, -0.2) is 4.79 Å². The fourth-order valence-electron chi connectivity index (χ4n) is 3.87. The van der Waals surface area contributed by atoms with Gasteiger partial charge in [0.1, 0.15) is 0 Å². The number of Topliss-reactive ketones (excluding diaryl/α,β-unsaturated/α-hetero) is 1. The number of hydrogen-bond donors (Lipinski definition) is 1. The average Bonchev–Trinajstić information content (AvgIpc) is 2.87. The van der Waals surface area contributed by atoms with Crippen LogP contribution in [0.15, 0.2) is 94.5 Å². The van der Waals surface area contributed by atoms with E-state index in [4.69, 9.17) is 0 Å². The number of ketones is 1. The summed E-state index contributed by atoms with van der Waals surface area (Å²) in [7, 11) is 0. The summed E-state index contributed by atoms with van der Waals surface area (Å²) in [4.78, 5) is 51.4. The van der Waals surface area contributed by atoms with Crippen LogP contribution in [0.2, 0.25) is 0 Å². The fourth-order valence-corrected chi connectivity index (χ4v) is 3.87. The van der Waals surface area contributed by atoms with Crippen LogP contribution in [-0.4, -0.2) is 27.4 Å². The first-order valence-electron chi connectivity index (χ1n) is 11.2. The summed E-state index contributed by atoms with van der Waals surface area (Å²) in [6.07, 6.45) is 0.672. The minimum absolute atomic E-state index is 0.0189. The molecule has 7 nitrogen and oxygen atoms in total. The molecule has 0 saturated heterocycles. The molecule has 34 heavy (non-hydrogen) atoms. The van der Waals surface area contributed by atoms with Gasteiger partial charge < -0.3 is 5.32 Å². The van der Waals surface area contributed by atoms with Crippen molar-refractivity contribution >= 4 is 22.6 Å². The van der Waals surface area contributed by atoms with E-state index in [1.165, 1.54) is 4.57 Å². The van der Waals surface area contributed by atoms with E-state index in [2.05, 4.69) is 5.32 Å². The van der Waals surface area contributed by atoms with Crippen molar-refractivity contribution in [1.29, 1.82) is 0 Å². The zero-order chi connectivity index (χ0) is 23.9. The zero-order valence-electron chi connectivity index (χ0n) is 18.6. The molecule has 3 aromatic carbocycles. The summed E-state index contributed by atoms with van der Waals surface area (Å²) in [5.74, 6) is -0.487. The lowest BCUT2D eigenvalue weighted by Gasteiger charge is -2.14. The first-order chi connectivity index (χ1) is 16.5. The number of nitrogens with one attached hydrogen (secondary N) is 1. The van der Waals surface area contributed by atoms with E-state index >= 15 is 0 Å². The number of carbonyl (C=O) groups is 2. The van der Waals surface area contributed by atoms with E-state index in [-0.39, 0.29) is 31.2 Å². The maximum atomic E-state index is 13.2. The van der Waals surface area contributed by atoms with Crippen molar-refractivity contribution in [3.63, 3.8) is 0 Å². The molecule has 0 aliphatic carbocycles. The molecule has 0 spiro atoms. The number of hydrogen-bond acceptors (Lipinski definition) is 4. The normalized spacial score (nSPS) is 10.8. The molecule has 0 saturated carbocycles. The Kier molecular flexibility index (Phi) is 7.13. The summed E-state index contributed by atoms with van der Waals surface area (Å²) in [6.45, 7) is 0.192. The Morgan fingerprint density at radius 1 is 0.765 bits per heavy atom. The SMILES string of the molecule is O=C(CCn1c(=O)c2ccccc2n(CC(=O)c2ccccc2)c1=O)NCCc1ccccc1. The summed E-state index contributed by atoms with van der Waals surface area (Å²) in [6, 6.07) is 25.2. The molecule has 7 heteroatoms. The highest BCUT2D eigenvalue weighted by Crippen LogP contribution is 2.10. The second-order valence-electron chi connectivity index (χ2n) is 7.97. The van der Waals surface area contributed by atoms with E-state index in [9.17, 15) is 19.2 Å². The van der Waals surface area contributed by atoms with Crippen LogP contribution in [0.1, 0.15) is 22.3 Å². The topological polar surface area (TPSA) is 90.2 Å². The van der Waals surface area contributed by atoms with Gasteiger partial charge in [-0.1, -0.05) is 72.8 Å². The number of nitrogens with zero attached hydrogens (tertiary/aromatic N) is 2. The summed E-state index contributed by atoms with van der Waals surface area (Å²) < 4.78 is 2.34. The van der Waals surface area contributed by atoms with Gasteiger partial charge in [0.15, 0.2) is 5.78 Å². The lowest BCUT2D eigenvalue weighted by molar-refractivity contribution is -0.121. The van der Waals surface area contributed by atoms with E-state index in [1.807, 2.05) is 36.4 Å². The van der Waals surface area contributed by atoms with Crippen molar-refractivity contribution < 1.29 is 9.59 Å². The summed E-state index contributed by atoms with van der Waals surface area (Å²) in [5.41, 5.74) is 0.907. The molecular weight excluding hydrogens is 430 g/mol. The van der Waals surface area contributed by atoms with Crippen LogP contribution in [0.25, 0.3) is 10.9 Å². The van der Waals surface area contributed by atoms with Crippen LogP contribution in [-0.2, 0) is 24.3 Å². The Bertz CT molecular complexity index is 1420. The number of aromatic nitrogens is 2. The Morgan fingerprint density at radius 3 is 2.15 bits per heavy atom. The number of amides is 1. The minimum Gasteiger partial charge on any atom is -0.356 e. The molecule has 0 aliphatic rings. The molecule has 172 valence electrons. The van der Waals surface area contributed by atoms with Gasteiger partial charge in [0.2, 0.25) is 5.91 Å². The highest BCUT2D eigenvalue weighted by Gasteiger charge is 2.16. The number of benzene rings is 3. The van der Waals surface area contributed by atoms with Crippen LogP contribution in [0.4, 0.5) is 0 Å². The third-order valence-corrected chi connectivity index (χ3v) is 5.67. The van der Waals surface area contributed by atoms with Crippen LogP contribution in [0, 0.1) is 0 Å². The average molecular weight is 456 g/mol. The van der Waals surface area contributed by atoms with Crippen molar-refractivity contribution in [3.05, 3.63) is 117 Å². The number of para-hydroxylation sites is 1. The van der Waals surface area contributed by atoms with E-state index in [0.29, 0.717) is 29.4 Å². The van der Waals surface area contributed by atoms with Gasteiger partial charge >= 0.3 is 5.69 Å². The molecule has 1 heterocycles. The fraction of sp³-hybridized carbons (Fsp3) is 0.185. The largest absolute Gasteiger partial charge is 0.356 e. The smallest absolute Gasteiger partial charge is 0.331 e. The molecule has 1 N–H and O–H groups in total. The third kappa shape index (κ3) is 5.20. The standard InChI is InChI=1S/C27H25N3O4/c31-24(21-11-5-2-6-12-21)19-30-23-14-8-7-13-22(23)26(33)29(27(30)34)18-16-25(32)28-17-15-20-9-3-1-4-10-20/h1-14H,15-19H2,(H,28,32). The van der Waals surface area contributed by atoms with Gasteiger partial charge in [-0.2, -0.15) is 0 Å². The maximum Gasteiger partial charge on any atom is 0.331 e. The van der Waals surface area contributed by atoms with Gasteiger partial charge in [0.25, 0.3) is 5.56 Å². The lowest BCUT2D eigenvalue weighted by Crippen LogP contribution is -2.42. The molecule has 1 amide bonds. The molecule has 0 radical (unpaired) electrons. The number of rotatable bonds is 9. The molecule has 0 fully saturated rings. The highest BCUT2D eigenvalue weighted by molar-refractivity contribution is 5.96. The first kappa shape index (κ1) is 22.9. The van der Waals surface area contributed by atoms with Gasteiger partial charge in [0.05, 0.1) is 17.4 Å². The molecule has 4 aromatic rings. The molecule has 4 rings (SSSR count). The van der Waals surface area contributed by atoms with Crippen molar-refractivity contribution in [1.82, 2.24) is 14.5 Å². The Morgan fingerprint density at radius 2 is 1.41 bits per heavy atom. The number of fused-ring (bicyclic) bond motifs is 1. The summed E-state index contributed by atoms with van der Waals surface area (Å²) >= 11 is 0. The molecule has 0 unspecified atom stereocenters. The molecule has 0 bridgehead atoms. The molecule has 1 aromatic heterocycles. The Hall–Kier alpha value is -4.26. The minimum atomic E-state index is -0.606. The number of carbonyl (C=O) groups excluding carboxylic acids is 2. The van der Waals surface area contributed by atoms with Gasteiger partial charge in [0, 0.05) is 25.1 Å². The van der Waals surface area contributed by atoms with E-state index in [1.54, 1.807) is 48.5 Å². The molecular formula is C27H25N3O4. The van der Waals surface area contributed by atoms with Gasteiger partial charge in [-0.05, 0) is 24.1 Å². The maximum absolute atomic E-state index is 13.2. The predicted octanol–water partition coefficient (Wildman–Crippen LogP) is 2.80. The van der Waals surface area contributed by atoms with Crippen LogP contribution < -0.4 is 16.6 Å². The van der Waals surface area contributed by atoms with Crippen LogP contribution in [0.5, 0.6) is 0 Å². The zero-order valence-corrected chi connectivity index (χ0v) is 18.6. The van der Waals surface area contributed by atoms with Crippen LogP contribution in [0.3, 0.4) is 0 Å². The first-order valence-corrected chi connectivity index (χ1v) is 11.2. The second kappa shape index (κ2) is 10.6. The van der Waals surface area contributed by atoms with Crippen molar-refractivity contribution in [2.75, 3.05) is 6.54 Å². The van der Waals surface area contributed by atoms with Crippen molar-refractivity contribution in [2.24, 2.45) is 0 Å². The van der Waals surface area contributed by atoms with Crippen molar-refractivity contribution in [2.45, 2.75) is 25.9 Å². The van der Waals surface area contributed by atoms with Gasteiger partial charge in [-0.15, -0.1) is 0 Å². The lowest BCUT2D eigenvalue weighted by atomic mass is 10.1. The van der Waals surface area contributed by atoms with Crippen LogP contribution >= 0.6 is 0 Å². The quantitative estimate of drug-likeness (QED) is 0.393. The monoisotopic (exact) mass is 455 g/mol. The van der Waals surface area contributed by atoms with E-state index < -0.39 is 11.2 Å². The Balaban J connectivity index is 1.53. The third-order valence-electron chi connectivity index (χ3n) is 5.67. The summed E-state index contributed by atoms with van der Waals surface area (Å²) in [5, 5.41) is 3.15. The van der Waals surface area contributed by atoms with Crippen molar-refractivity contribution in [3.8, 4) is 0 Å². The highest BCUT2D eigenvalue weighted by atomic mass is 16.2. The molecule has 0 aliphatic heterocycles. The Labute approximate surface area is 196 Å². The molecule has 0 atom stereocenters.